The van der Waals surface area contributed by atoms with Gasteiger partial charge < -0.3 is 9.47 Å². The average molecular weight is 376 g/mol. The highest BCUT2D eigenvalue weighted by Gasteiger charge is 2.31. The fourth-order valence-corrected chi connectivity index (χ4v) is 3.10. The molecule has 6 nitrogen and oxygen atoms in total. The Morgan fingerprint density at radius 2 is 1.52 bits per heavy atom. The first-order chi connectivity index (χ1) is 12.2. The highest BCUT2D eigenvalue weighted by Crippen LogP contribution is 2.37. The minimum absolute atomic E-state index is 0.191. The lowest BCUT2D eigenvalue weighted by atomic mass is 9.90. The maximum atomic E-state index is 12.7. The van der Waals surface area contributed by atoms with Crippen molar-refractivity contribution in [3.63, 3.8) is 0 Å². The smallest absolute Gasteiger partial charge is 0.434 e. The van der Waals surface area contributed by atoms with Crippen LogP contribution in [0.25, 0.3) is 0 Å². The number of carbonyl (C=O) groups excluding carboxylic acids is 2. The summed E-state index contributed by atoms with van der Waals surface area (Å²) in [4.78, 5) is 25.0. The van der Waals surface area contributed by atoms with E-state index in [-0.39, 0.29) is 5.41 Å². The Hall–Kier alpha value is -2.24. The molecular formula is C21H32N2O4. The number of hydrazine groups is 1. The van der Waals surface area contributed by atoms with Crippen molar-refractivity contribution in [1.82, 2.24) is 5.43 Å². The van der Waals surface area contributed by atoms with Gasteiger partial charge in [-0.05, 0) is 83.1 Å². The van der Waals surface area contributed by atoms with Crippen LogP contribution in [0.15, 0.2) is 18.2 Å². The number of benzene rings is 1. The molecule has 0 heterocycles. The summed E-state index contributed by atoms with van der Waals surface area (Å²) < 4.78 is 10.8. The normalized spacial score (nSPS) is 15.7. The molecule has 2 rings (SSSR count). The van der Waals surface area contributed by atoms with Crippen LogP contribution >= 0.6 is 0 Å². The number of nitrogens with zero attached hydrogens (tertiary/aromatic N) is 1. The van der Waals surface area contributed by atoms with E-state index in [9.17, 15) is 9.59 Å². The summed E-state index contributed by atoms with van der Waals surface area (Å²) in [5.41, 5.74) is 4.34. The average Bonchev–Trinajstić information content (AvgIpc) is 2.73. The number of fused-ring (bicyclic) bond motifs is 1. The van der Waals surface area contributed by atoms with Gasteiger partial charge in [-0.3, -0.25) is 0 Å². The molecule has 0 fully saturated rings. The second-order valence-corrected chi connectivity index (χ2v) is 9.90. The Balaban J connectivity index is 2.30. The second kappa shape index (κ2) is 7.06. The van der Waals surface area contributed by atoms with E-state index in [0.29, 0.717) is 5.69 Å². The fraction of sp³-hybridized carbons (Fsp3) is 0.619. The Morgan fingerprint density at radius 3 is 2.07 bits per heavy atom. The molecule has 0 aromatic heterocycles. The first-order valence-electron chi connectivity index (χ1n) is 9.30. The predicted octanol–water partition coefficient (Wildman–Crippen LogP) is 4.99. The molecule has 0 saturated carbocycles. The molecule has 27 heavy (non-hydrogen) atoms. The molecule has 2 amide bonds. The van der Waals surface area contributed by atoms with E-state index in [4.69, 9.17) is 9.47 Å². The number of hydrogen-bond acceptors (Lipinski definition) is 4. The van der Waals surface area contributed by atoms with Crippen LogP contribution in [0.3, 0.4) is 0 Å². The van der Waals surface area contributed by atoms with E-state index in [1.807, 2.05) is 18.2 Å². The van der Waals surface area contributed by atoms with Crippen molar-refractivity contribution in [3.8, 4) is 0 Å². The van der Waals surface area contributed by atoms with Gasteiger partial charge in [-0.2, -0.15) is 5.01 Å². The summed E-state index contributed by atoms with van der Waals surface area (Å²) in [6.45, 7) is 15.1. The molecule has 1 N–H and O–H groups in total. The first kappa shape index (κ1) is 21.1. The molecule has 0 aliphatic heterocycles. The number of carbonyl (C=O) groups is 2. The van der Waals surface area contributed by atoms with Crippen LogP contribution in [-0.4, -0.2) is 23.4 Å². The van der Waals surface area contributed by atoms with Gasteiger partial charge in [0.15, 0.2) is 0 Å². The van der Waals surface area contributed by atoms with Gasteiger partial charge in [0.1, 0.15) is 11.2 Å². The SMILES string of the molecule is CC1(C)Cc2ccc(N(NC(=O)OC(C)(C)C)C(=O)OC(C)(C)C)cc2C1. The maximum Gasteiger partial charge on any atom is 0.434 e. The van der Waals surface area contributed by atoms with Crippen molar-refractivity contribution in [2.75, 3.05) is 5.01 Å². The van der Waals surface area contributed by atoms with Crippen molar-refractivity contribution in [2.45, 2.75) is 79.4 Å². The van der Waals surface area contributed by atoms with Crippen LogP contribution in [0.2, 0.25) is 0 Å². The van der Waals surface area contributed by atoms with E-state index >= 15 is 0 Å². The Labute approximate surface area is 162 Å². The summed E-state index contributed by atoms with van der Waals surface area (Å²) in [6.07, 6.45) is 0.541. The van der Waals surface area contributed by atoms with E-state index in [1.165, 1.54) is 11.1 Å². The molecule has 1 aromatic rings. The fourth-order valence-electron chi connectivity index (χ4n) is 3.10. The molecule has 1 aliphatic carbocycles. The molecule has 150 valence electrons. The number of anilines is 1. The minimum atomic E-state index is -0.714. The molecule has 0 bridgehead atoms. The van der Waals surface area contributed by atoms with Crippen LogP contribution in [0.4, 0.5) is 15.3 Å². The number of ether oxygens (including phenoxy) is 2. The monoisotopic (exact) mass is 376 g/mol. The number of amides is 2. The van der Waals surface area contributed by atoms with Crippen LogP contribution in [0, 0.1) is 5.41 Å². The van der Waals surface area contributed by atoms with Crippen molar-refractivity contribution in [2.24, 2.45) is 5.41 Å². The first-order valence-corrected chi connectivity index (χ1v) is 9.30. The lowest BCUT2D eigenvalue weighted by molar-refractivity contribution is 0.0425. The molecule has 0 radical (unpaired) electrons. The molecule has 0 saturated heterocycles. The van der Waals surface area contributed by atoms with E-state index < -0.39 is 23.4 Å². The van der Waals surface area contributed by atoms with Gasteiger partial charge >= 0.3 is 12.2 Å². The molecule has 1 aromatic carbocycles. The number of rotatable bonds is 1. The van der Waals surface area contributed by atoms with Gasteiger partial charge in [-0.25, -0.2) is 15.0 Å². The van der Waals surface area contributed by atoms with Crippen LogP contribution < -0.4 is 10.4 Å². The van der Waals surface area contributed by atoms with Crippen molar-refractivity contribution < 1.29 is 19.1 Å². The van der Waals surface area contributed by atoms with E-state index in [0.717, 1.165) is 17.9 Å². The summed E-state index contributed by atoms with van der Waals surface area (Å²) >= 11 is 0. The highest BCUT2D eigenvalue weighted by molar-refractivity contribution is 5.91. The van der Waals surface area contributed by atoms with Crippen LogP contribution in [-0.2, 0) is 22.3 Å². The largest absolute Gasteiger partial charge is 0.443 e. The zero-order valence-electron chi connectivity index (χ0n) is 17.7. The lowest BCUT2D eigenvalue weighted by Crippen LogP contribution is -2.50. The van der Waals surface area contributed by atoms with Gasteiger partial charge in [-0.1, -0.05) is 19.9 Å². The van der Waals surface area contributed by atoms with Gasteiger partial charge in [0, 0.05) is 0 Å². The Bertz CT molecular complexity index is 727. The molecule has 0 spiro atoms. The van der Waals surface area contributed by atoms with Crippen molar-refractivity contribution in [3.05, 3.63) is 29.3 Å². The zero-order chi connectivity index (χ0) is 20.6. The quantitative estimate of drug-likeness (QED) is 0.701. The van der Waals surface area contributed by atoms with Crippen molar-refractivity contribution >= 4 is 17.9 Å². The third-order valence-electron chi connectivity index (χ3n) is 3.96. The Morgan fingerprint density at radius 1 is 0.963 bits per heavy atom. The third kappa shape index (κ3) is 6.15. The predicted molar refractivity (Wildman–Crippen MR) is 106 cm³/mol. The second-order valence-electron chi connectivity index (χ2n) is 9.90. The van der Waals surface area contributed by atoms with Crippen molar-refractivity contribution in [1.29, 1.82) is 0 Å². The molecule has 1 aliphatic rings. The van der Waals surface area contributed by atoms with E-state index in [1.54, 1.807) is 41.5 Å². The lowest BCUT2D eigenvalue weighted by Gasteiger charge is -2.29. The van der Waals surface area contributed by atoms with Gasteiger partial charge in [0.2, 0.25) is 0 Å². The number of nitrogens with one attached hydrogen (secondary N) is 1. The summed E-state index contributed by atoms with van der Waals surface area (Å²) in [6, 6.07) is 5.76. The minimum Gasteiger partial charge on any atom is -0.443 e. The molecular weight excluding hydrogens is 344 g/mol. The molecule has 0 atom stereocenters. The Kier molecular flexibility index (Phi) is 5.51. The van der Waals surface area contributed by atoms with Crippen LogP contribution in [0.5, 0.6) is 0 Å². The van der Waals surface area contributed by atoms with E-state index in [2.05, 4.69) is 19.3 Å². The summed E-state index contributed by atoms with van der Waals surface area (Å²) in [5.74, 6) is 0. The summed E-state index contributed by atoms with van der Waals surface area (Å²) in [5, 5.41) is 1.12. The van der Waals surface area contributed by atoms with Gasteiger partial charge in [-0.15, -0.1) is 0 Å². The molecule has 0 unspecified atom stereocenters. The highest BCUT2D eigenvalue weighted by atomic mass is 16.6. The summed E-state index contributed by atoms with van der Waals surface area (Å²) in [7, 11) is 0. The van der Waals surface area contributed by atoms with Gasteiger partial charge in [0.05, 0.1) is 5.69 Å². The maximum absolute atomic E-state index is 12.7. The molecule has 6 heteroatoms. The standard InChI is InChI=1S/C21H32N2O4/c1-19(2,3)26-17(24)22-23(18(25)27-20(4,5)6)16-10-9-14-12-21(7,8)13-15(14)11-16/h9-11H,12-13H2,1-8H3,(H,22,24). The third-order valence-corrected chi connectivity index (χ3v) is 3.96. The van der Waals surface area contributed by atoms with Crippen LogP contribution in [0.1, 0.15) is 66.5 Å². The van der Waals surface area contributed by atoms with Gasteiger partial charge in [0.25, 0.3) is 0 Å². The number of hydrogen-bond donors (Lipinski definition) is 1. The zero-order valence-corrected chi connectivity index (χ0v) is 17.7. The topological polar surface area (TPSA) is 67.9 Å².